The van der Waals surface area contributed by atoms with Crippen LogP contribution in [-0.4, -0.2) is 43.3 Å². The number of ether oxygens (including phenoxy) is 1. The molecule has 0 fully saturated rings. The van der Waals surface area contributed by atoms with E-state index in [2.05, 4.69) is 15.3 Å². The summed E-state index contributed by atoms with van der Waals surface area (Å²) in [5.41, 5.74) is 0. The Hall–Kier alpha value is -1.58. The van der Waals surface area contributed by atoms with Crippen molar-refractivity contribution < 1.29 is 14.6 Å². The predicted molar refractivity (Wildman–Crippen MR) is 82.6 cm³/mol. The number of rotatable bonds is 3. The second kappa shape index (κ2) is 7.27. The van der Waals surface area contributed by atoms with Gasteiger partial charge in [0.05, 0.1) is 18.3 Å². The standard InChI is InChI=1S/C10H11ClN4O3S2/c1-3-6(19)15(10(16)17)9(20)14-7-5(18-2)4-12-8(11)13-7/h4H,3H2,1-2H3,(H,16,17)(H,12,13,14,20). The van der Waals surface area contributed by atoms with E-state index < -0.39 is 6.09 Å². The van der Waals surface area contributed by atoms with Crippen LogP contribution in [0.1, 0.15) is 13.3 Å². The van der Waals surface area contributed by atoms with Crippen molar-refractivity contribution in [1.29, 1.82) is 0 Å². The van der Waals surface area contributed by atoms with E-state index in [4.69, 9.17) is 45.9 Å². The van der Waals surface area contributed by atoms with Crippen LogP contribution >= 0.6 is 36.0 Å². The lowest BCUT2D eigenvalue weighted by atomic mass is 10.4. The third-order valence-corrected chi connectivity index (χ3v) is 3.06. The summed E-state index contributed by atoms with van der Waals surface area (Å²) < 4.78 is 5.02. The molecule has 0 aromatic carbocycles. The van der Waals surface area contributed by atoms with E-state index in [0.717, 1.165) is 4.90 Å². The molecule has 1 aromatic heterocycles. The summed E-state index contributed by atoms with van der Waals surface area (Å²) in [7, 11) is 1.41. The number of methoxy groups -OCH3 is 1. The molecule has 1 amide bonds. The maximum Gasteiger partial charge on any atom is 0.418 e. The molecule has 20 heavy (non-hydrogen) atoms. The van der Waals surface area contributed by atoms with Gasteiger partial charge in [-0.3, -0.25) is 0 Å². The Morgan fingerprint density at radius 3 is 2.75 bits per heavy atom. The van der Waals surface area contributed by atoms with Crippen molar-refractivity contribution >= 4 is 58.0 Å². The molecule has 108 valence electrons. The summed E-state index contributed by atoms with van der Waals surface area (Å²) in [4.78, 5) is 19.7. The highest BCUT2D eigenvalue weighted by Crippen LogP contribution is 2.22. The van der Waals surface area contributed by atoms with Crippen molar-refractivity contribution in [2.75, 3.05) is 12.4 Å². The molecule has 0 aliphatic rings. The van der Waals surface area contributed by atoms with E-state index in [0.29, 0.717) is 6.42 Å². The summed E-state index contributed by atoms with van der Waals surface area (Å²) in [6, 6.07) is 0. The lowest BCUT2D eigenvalue weighted by Crippen LogP contribution is -2.42. The first-order valence-corrected chi connectivity index (χ1v) is 6.53. The zero-order chi connectivity index (χ0) is 15.3. The highest BCUT2D eigenvalue weighted by atomic mass is 35.5. The molecule has 0 aliphatic heterocycles. The first-order chi connectivity index (χ1) is 9.40. The number of carboxylic acid groups (broad SMARTS) is 1. The third-order valence-electron chi connectivity index (χ3n) is 2.12. The Morgan fingerprint density at radius 1 is 1.60 bits per heavy atom. The van der Waals surface area contributed by atoms with Gasteiger partial charge in [-0.15, -0.1) is 0 Å². The maximum absolute atomic E-state index is 11.2. The van der Waals surface area contributed by atoms with Gasteiger partial charge in [0, 0.05) is 0 Å². The normalized spacial score (nSPS) is 9.75. The van der Waals surface area contributed by atoms with Gasteiger partial charge in [0.2, 0.25) is 5.28 Å². The number of nitrogens with one attached hydrogen (secondary N) is 1. The van der Waals surface area contributed by atoms with Crippen LogP contribution in [0.5, 0.6) is 5.75 Å². The van der Waals surface area contributed by atoms with Crippen LogP contribution in [0.4, 0.5) is 10.6 Å². The Bertz CT molecular complexity index is 555. The minimum atomic E-state index is -1.28. The van der Waals surface area contributed by atoms with Crippen molar-refractivity contribution in [3.63, 3.8) is 0 Å². The number of amides is 1. The number of halogens is 1. The van der Waals surface area contributed by atoms with Crippen molar-refractivity contribution in [3.8, 4) is 5.75 Å². The largest absolute Gasteiger partial charge is 0.491 e. The zero-order valence-electron chi connectivity index (χ0n) is 10.6. The third kappa shape index (κ3) is 3.95. The average Bonchev–Trinajstić information content (AvgIpc) is 2.38. The molecule has 0 bridgehead atoms. The van der Waals surface area contributed by atoms with E-state index in [1.165, 1.54) is 13.3 Å². The first-order valence-electron chi connectivity index (χ1n) is 5.34. The predicted octanol–water partition coefficient (Wildman–Crippen LogP) is 2.55. The molecule has 0 atom stereocenters. The summed E-state index contributed by atoms with van der Waals surface area (Å²) in [6.45, 7) is 1.73. The Kier molecular flexibility index (Phi) is 5.99. The van der Waals surface area contributed by atoms with Crippen molar-refractivity contribution in [3.05, 3.63) is 11.5 Å². The van der Waals surface area contributed by atoms with Gasteiger partial charge in [-0.25, -0.2) is 14.7 Å². The van der Waals surface area contributed by atoms with Crippen LogP contribution < -0.4 is 10.1 Å². The quantitative estimate of drug-likeness (QED) is 0.644. The molecule has 10 heteroatoms. The number of carbonyl (C=O) groups is 1. The number of nitrogens with zero attached hydrogens (tertiary/aromatic N) is 3. The smallest absolute Gasteiger partial charge is 0.418 e. The number of hydrogen-bond acceptors (Lipinski definition) is 6. The molecule has 0 radical (unpaired) electrons. The fourth-order valence-corrected chi connectivity index (χ4v) is 1.86. The van der Waals surface area contributed by atoms with Crippen molar-refractivity contribution in [1.82, 2.24) is 14.9 Å². The molecular formula is C10H11ClN4O3S2. The Balaban J connectivity index is 3.02. The molecule has 1 aromatic rings. The van der Waals surface area contributed by atoms with Gasteiger partial charge in [0.25, 0.3) is 0 Å². The maximum atomic E-state index is 11.2. The number of hydrogen-bond donors (Lipinski definition) is 2. The fraction of sp³-hybridized carbons (Fsp3) is 0.300. The fourth-order valence-electron chi connectivity index (χ4n) is 1.21. The Morgan fingerprint density at radius 2 is 2.25 bits per heavy atom. The molecule has 0 unspecified atom stereocenters. The van der Waals surface area contributed by atoms with Gasteiger partial charge in [-0.2, -0.15) is 4.98 Å². The molecule has 0 saturated heterocycles. The van der Waals surface area contributed by atoms with E-state index in [1.54, 1.807) is 6.92 Å². The van der Waals surface area contributed by atoms with Gasteiger partial charge in [-0.05, 0) is 30.2 Å². The number of anilines is 1. The summed E-state index contributed by atoms with van der Waals surface area (Å²) in [5, 5.41) is 11.6. The molecule has 0 spiro atoms. The van der Waals surface area contributed by atoms with Crippen molar-refractivity contribution in [2.24, 2.45) is 0 Å². The molecule has 1 heterocycles. The summed E-state index contributed by atoms with van der Waals surface area (Å²) >= 11 is 15.6. The number of thiocarbonyl (C=S) groups is 2. The minimum absolute atomic E-state index is 0.0314. The van der Waals surface area contributed by atoms with E-state index in [9.17, 15) is 4.79 Å². The topological polar surface area (TPSA) is 87.6 Å². The molecule has 0 aliphatic carbocycles. The van der Waals surface area contributed by atoms with Crippen LogP contribution in [0.15, 0.2) is 6.20 Å². The SMILES string of the molecule is CCC(=S)N(C(=O)O)C(=S)Nc1nc(Cl)ncc1OC. The van der Waals surface area contributed by atoms with Crippen molar-refractivity contribution in [2.45, 2.75) is 13.3 Å². The van der Waals surface area contributed by atoms with Gasteiger partial charge < -0.3 is 15.2 Å². The summed E-state index contributed by atoms with van der Waals surface area (Å²) in [5.74, 6) is 0.423. The van der Waals surface area contributed by atoms with E-state index in [1.807, 2.05) is 0 Å². The van der Waals surface area contributed by atoms with E-state index >= 15 is 0 Å². The minimum Gasteiger partial charge on any atom is -0.491 e. The molecule has 0 saturated carbocycles. The number of aromatic nitrogens is 2. The average molecular weight is 335 g/mol. The second-order valence-electron chi connectivity index (χ2n) is 3.35. The lowest BCUT2D eigenvalue weighted by molar-refractivity contribution is 0.184. The van der Waals surface area contributed by atoms with Crippen LogP contribution in [0.2, 0.25) is 5.28 Å². The highest BCUT2D eigenvalue weighted by Gasteiger charge is 2.22. The lowest BCUT2D eigenvalue weighted by Gasteiger charge is -2.20. The Labute approximate surface area is 130 Å². The monoisotopic (exact) mass is 334 g/mol. The molecular weight excluding hydrogens is 324 g/mol. The van der Waals surface area contributed by atoms with Crippen LogP contribution in [-0.2, 0) is 0 Å². The van der Waals surface area contributed by atoms with Gasteiger partial charge in [0.1, 0.15) is 0 Å². The summed E-state index contributed by atoms with van der Waals surface area (Å²) in [6.07, 6.45) is 0.405. The van der Waals surface area contributed by atoms with Crippen LogP contribution in [0.25, 0.3) is 0 Å². The van der Waals surface area contributed by atoms with Crippen LogP contribution in [0, 0.1) is 0 Å². The van der Waals surface area contributed by atoms with Gasteiger partial charge in [0.15, 0.2) is 16.7 Å². The van der Waals surface area contributed by atoms with Gasteiger partial charge >= 0.3 is 6.09 Å². The first kappa shape index (κ1) is 16.5. The zero-order valence-corrected chi connectivity index (χ0v) is 13.0. The second-order valence-corrected chi connectivity index (χ2v) is 4.55. The highest BCUT2D eigenvalue weighted by molar-refractivity contribution is 7.82. The van der Waals surface area contributed by atoms with Crippen LogP contribution in [0.3, 0.4) is 0 Å². The molecule has 2 N–H and O–H groups in total. The molecule has 1 rings (SSSR count). The van der Waals surface area contributed by atoms with Gasteiger partial charge in [-0.1, -0.05) is 19.1 Å². The van der Waals surface area contributed by atoms with E-state index in [-0.39, 0.29) is 27.0 Å². The molecule has 7 nitrogen and oxygen atoms in total.